The van der Waals surface area contributed by atoms with E-state index >= 15 is 0 Å². The van der Waals surface area contributed by atoms with E-state index in [4.69, 9.17) is 32.7 Å². The number of hydrogen-bond acceptors (Lipinski definition) is 4. The number of rotatable bonds is 14. The average Bonchev–Trinajstić information content (AvgIpc) is 2.63. The fraction of sp³-hybridized carbons (Fsp3) is 0.619. The molecule has 0 amide bonds. The van der Waals surface area contributed by atoms with E-state index in [1.807, 2.05) is 0 Å². The molecular weight excluding hydrogens is 387 g/mol. The SMILES string of the molecule is CCCCCCCCCOC(=O)CCCC(=O)OCc1ccc(Cl)cc1Cl. The first-order valence-electron chi connectivity index (χ1n) is 9.78. The normalized spacial score (nSPS) is 10.6. The average molecular weight is 417 g/mol. The van der Waals surface area contributed by atoms with Gasteiger partial charge in [0.1, 0.15) is 6.61 Å². The second-order valence-corrected chi connectivity index (χ2v) is 7.44. The quantitative estimate of drug-likeness (QED) is 0.256. The van der Waals surface area contributed by atoms with Crippen LogP contribution in [0, 0.1) is 0 Å². The summed E-state index contributed by atoms with van der Waals surface area (Å²) in [4.78, 5) is 23.4. The molecule has 1 aromatic carbocycles. The molecule has 1 aromatic rings. The van der Waals surface area contributed by atoms with Crippen LogP contribution in [0.1, 0.15) is 76.7 Å². The molecule has 0 unspecified atom stereocenters. The van der Waals surface area contributed by atoms with Crippen LogP contribution in [-0.2, 0) is 25.7 Å². The Morgan fingerprint density at radius 2 is 1.48 bits per heavy atom. The molecule has 0 aliphatic rings. The summed E-state index contributed by atoms with van der Waals surface area (Å²) in [5.41, 5.74) is 0.698. The first kappa shape index (κ1) is 23.8. The second kappa shape index (κ2) is 14.8. The number of unbranched alkanes of at least 4 members (excludes halogenated alkanes) is 6. The van der Waals surface area contributed by atoms with Crippen molar-refractivity contribution in [3.05, 3.63) is 33.8 Å². The van der Waals surface area contributed by atoms with Crippen molar-refractivity contribution in [1.82, 2.24) is 0 Å². The smallest absolute Gasteiger partial charge is 0.306 e. The highest BCUT2D eigenvalue weighted by molar-refractivity contribution is 6.35. The van der Waals surface area contributed by atoms with Crippen LogP contribution >= 0.6 is 23.2 Å². The van der Waals surface area contributed by atoms with Crippen LogP contribution in [0.25, 0.3) is 0 Å². The fourth-order valence-electron chi connectivity index (χ4n) is 2.56. The van der Waals surface area contributed by atoms with Gasteiger partial charge in [0.05, 0.1) is 6.61 Å². The van der Waals surface area contributed by atoms with E-state index in [9.17, 15) is 9.59 Å². The summed E-state index contributed by atoms with van der Waals surface area (Å²) in [5, 5.41) is 0.995. The van der Waals surface area contributed by atoms with Crippen molar-refractivity contribution in [3.8, 4) is 0 Å². The van der Waals surface area contributed by atoms with Crippen molar-refractivity contribution in [1.29, 1.82) is 0 Å². The summed E-state index contributed by atoms with van der Waals surface area (Å²) < 4.78 is 10.4. The molecule has 0 bridgehead atoms. The van der Waals surface area contributed by atoms with Crippen LogP contribution in [0.15, 0.2) is 18.2 Å². The van der Waals surface area contributed by atoms with Gasteiger partial charge in [0, 0.05) is 28.5 Å². The molecule has 0 heterocycles. The predicted octanol–water partition coefficient (Wildman–Crippen LogP) is 6.50. The maximum absolute atomic E-state index is 11.7. The van der Waals surface area contributed by atoms with E-state index in [1.54, 1.807) is 18.2 Å². The molecular formula is C21H30Cl2O4. The van der Waals surface area contributed by atoms with Gasteiger partial charge >= 0.3 is 11.9 Å². The van der Waals surface area contributed by atoms with E-state index in [1.165, 1.54) is 32.1 Å². The molecule has 0 fully saturated rings. The Balaban J connectivity index is 2.02. The lowest BCUT2D eigenvalue weighted by Gasteiger charge is -2.07. The zero-order chi connectivity index (χ0) is 19.9. The fourth-order valence-corrected chi connectivity index (χ4v) is 3.03. The number of hydrogen-bond donors (Lipinski definition) is 0. The standard InChI is InChI=1S/C21H30Cl2O4/c1-2-3-4-5-6-7-8-14-26-20(24)10-9-11-21(25)27-16-17-12-13-18(22)15-19(17)23/h12-13,15H,2-11,14,16H2,1H3. The third-order valence-electron chi connectivity index (χ3n) is 4.18. The molecule has 0 radical (unpaired) electrons. The number of carbonyl (C=O) groups excluding carboxylic acids is 2. The molecule has 1 rings (SSSR count). The number of halogens is 2. The monoisotopic (exact) mass is 416 g/mol. The largest absolute Gasteiger partial charge is 0.466 e. The maximum atomic E-state index is 11.7. The minimum atomic E-state index is -0.360. The van der Waals surface area contributed by atoms with E-state index in [0.717, 1.165) is 12.8 Å². The predicted molar refractivity (Wildman–Crippen MR) is 109 cm³/mol. The molecule has 4 nitrogen and oxygen atoms in total. The van der Waals surface area contributed by atoms with Gasteiger partial charge in [0.2, 0.25) is 0 Å². The molecule has 0 saturated carbocycles. The number of ether oxygens (including phenoxy) is 2. The lowest BCUT2D eigenvalue weighted by atomic mass is 10.1. The Kier molecular flexibility index (Phi) is 13.0. The third-order valence-corrected chi connectivity index (χ3v) is 4.76. The summed E-state index contributed by atoms with van der Waals surface area (Å²) in [5.74, 6) is -0.615. The van der Waals surface area contributed by atoms with E-state index in [2.05, 4.69) is 6.92 Å². The van der Waals surface area contributed by atoms with Crippen molar-refractivity contribution >= 4 is 35.1 Å². The van der Waals surface area contributed by atoms with Gasteiger partial charge in [-0.15, -0.1) is 0 Å². The number of benzene rings is 1. The Hall–Kier alpha value is -1.26. The van der Waals surface area contributed by atoms with Crippen LogP contribution in [0.2, 0.25) is 10.0 Å². The van der Waals surface area contributed by atoms with Gasteiger partial charge in [0.15, 0.2) is 0 Å². The first-order chi connectivity index (χ1) is 13.0. The van der Waals surface area contributed by atoms with E-state index in [0.29, 0.717) is 28.6 Å². The highest BCUT2D eigenvalue weighted by Crippen LogP contribution is 2.21. The Morgan fingerprint density at radius 3 is 2.15 bits per heavy atom. The third kappa shape index (κ3) is 11.9. The molecule has 0 spiro atoms. The number of esters is 2. The maximum Gasteiger partial charge on any atom is 0.306 e. The molecule has 0 aromatic heterocycles. The molecule has 0 N–H and O–H groups in total. The summed E-state index contributed by atoms with van der Waals surface area (Å²) in [6.07, 6.45) is 9.11. The minimum Gasteiger partial charge on any atom is -0.466 e. The van der Waals surface area contributed by atoms with Crippen LogP contribution in [0.3, 0.4) is 0 Å². The highest BCUT2D eigenvalue weighted by atomic mass is 35.5. The highest BCUT2D eigenvalue weighted by Gasteiger charge is 2.09. The molecule has 0 aliphatic heterocycles. The van der Waals surface area contributed by atoms with Gasteiger partial charge in [0.25, 0.3) is 0 Å². The van der Waals surface area contributed by atoms with Gasteiger partial charge in [-0.1, -0.05) is 74.7 Å². The molecule has 0 atom stereocenters. The summed E-state index contributed by atoms with van der Waals surface area (Å²) in [7, 11) is 0. The lowest BCUT2D eigenvalue weighted by Crippen LogP contribution is -2.09. The lowest BCUT2D eigenvalue weighted by molar-refractivity contribution is -0.146. The Labute approximate surface area is 172 Å². The molecule has 27 heavy (non-hydrogen) atoms. The molecule has 6 heteroatoms. The van der Waals surface area contributed by atoms with Crippen LogP contribution in [0.4, 0.5) is 0 Å². The van der Waals surface area contributed by atoms with Gasteiger partial charge in [-0.25, -0.2) is 0 Å². The van der Waals surface area contributed by atoms with E-state index < -0.39 is 0 Å². The zero-order valence-corrected chi connectivity index (χ0v) is 17.6. The molecule has 152 valence electrons. The van der Waals surface area contributed by atoms with Crippen molar-refractivity contribution < 1.29 is 19.1 Å². The first-order valence-corrected chi connectivity index (χ1v) is 10.5. The minimum absolute atomic E-state index is 0.0948. The Morgan fingerprint density at radius 1 is 0.852 bits per heavy atom. The van der Waals surface area contributed by atoms with Crippen molar-refractivity contribution in [3.63, 3.8) is 0 Å². The van der Waals surface area contributed by atoms with Crippen molar-refractivity contribution in [2.45, 2.75) is 77.7 Å². The summed E-state index contributed by atoms with van der Waals surface area (Å²) in [6.45, 7) is 2.76. The summed E-state index contributed by atoms with van der Waals surface area (Å²) >= 11 is 11.8. The van der Waals surface area contributed by atoms with Crippen LogP contribution in [0.5, 0.6) is 0 Å². The van der Waals surface area contributed by atoms with Crippen LogP contribution in [-0.4, -0.2) is 18.5 Å². The topological polar surface area (TPSA) is 52.6 Å². The van der Waals surface area contributed by atoms with Gasteiger partial charge in [-0.2, -0.15) is 0 Å². The summed E-state index contributed by atoms with van der Waals surface area (Å²) in [6, 6.07) is 5.02. The molecule has 0 aliphatic carbocycles. The van der Waals surface area contributed by atoms with Gasteiger partial charge in [-0.05, 0) is 25.0 Å². The van der Waals surface area contributed by atoms with Crippen molar-refractivity contribution in [2.24, 2.45) is 0 Å². The van der Waals surface area contributed by atoms with Gasteiger partial charge in [-0.3, -0.25) is 9.59 Å². The molecule has 0 saturated heterocycles. The second-order valence-electron chi connectivity index (χ2n) is 6.59. The number of carbonyl (C=O) groups is 2. The Bertz CT molecular complexity index is 575. The van der Waals surface area contributed by atoms with Crippen molar-refractivity contribution in [2.75, 3.05) is 6.61 Å². The van der Waals surface area contributed by atoms with E-state index in [-0.39, 0.29) is 31.4 Å². The van der Waals surface area contributed by atoms with Crippen LogP contribution < -0.4 is 0 Å². The van der Waals surface area contributed by atoms with Gasteiger partial charge < -0.3 is 9.47 Å². The zero-order valence-electron chi connectivity index (χ0n) is 16.1.